The molecule has 1 unspecified atom stereocenters. The van der Waals surface area contributed by atoms with Crippen LogP contribution in [-0.2, 0) is 4.79 Å². The van der Waals surface area contributed by atoms with E-state index in [4.69, 9.17) is 4.42 Å². The smallest absolute Gasteiger partial charge is 0.254 e. The topological polar surface area (TPSA) is 71.3 Å². The Labute approximate surface area is 138 Å². The Bertz CT molecular complexity index is 702. The van der Waals surface area contributed by atoms with Crippen molar-refractivity contribution in [2.24, 2.45) is 0 Å². The number of nitrogens with one attached hydrogen (secondary N) is 2. The Morgan fingerprint density at radius 3 is 2.71 bits per heavy atom. The molecule has 2 aromatic rings. The summed E-state index contributed by atoms with van der Waals surface area (Å²) in [5.74, 6) is -1.83. The second kappa shape index (κ2) is 8.24. The Morgan fingerprint density at radius 2 is 2.04 bits per heavy atom. The standard InChI is InChI=1S/C17H18F2N2O3/c1-11(15-4-3-9-24-15)21-16(22)5-2-8-20-17(23)13-7-6-12(18)10-14(13)19/h3-4,6-7,9-11H,2,5,8H2,1H3,(H,20,23)(H,21,22). The van der Waals surface area contributed by atoms with Crippen LogP contribution in [0.2, 0.25) is 0 Å². The average Bonchev–Trinajstić information content (AvgIpc) is 3.05. The molecule has 24 heavy (non-hydrogen) atoms. The second-order valence-electron chi connectivity index (χ2n) is 5.29. The van der Waals surface area contributed by atoms with E-state index in [0.717, 1.165) is 12.1 Å². The highest BCUT2D eigenvalue weighted by Crippen LogP contribution is 2.12. The highest BCUT2D eigenvalue weighted by Gasteiger charge is 2.13. The molecule has 1 aromatic carbocycles. The zero-order chi connectivity index (χ0) is 17.5. The molecule has 0 aliphatic heterocycles. The van der Waals surface area contributed by atoms with Gasteiger partial charge in [-0.05, 0) is 37.6 Å². The largest absolute Gasteiger partial charge is 0.467 e. The zero-order valence-corrected chi connectivity index (χ0v) is 13.1. The van der Waals surface area contributed by atoms with Crippen LogP contribution in [0.5, 0.6) is 0 Å². The van der Waals surface area contributed by atoms with Crippen molar-refractivity contribution in [2.75, 3.05) is 6.54 Å². The molecule has 0 saturated carbocycles. The number of amides is 2. The Hall–Kier alpha value is -2.70. The maximum absolute atomic E-state index is 13.4. The van der Waals surface area contributed by atoms with Gasteiger partial charge in [0.25, 0.3) is 5.91 Å². The van der Waals surface area contributed by atoms with Crippen LogP contribution >= 0.6 is 0 Å². The van der Waals surface area contributed by atoms with Crippen LogP contribution in [-0.4, -0.2) is 18.4 Å². The first kappa shape index (κ1) is 17.7. The maximum atomic E-state index is 13.4. The molecule has 128 valence electrons. The summed E-state index contributed by atoms with van der Waals surface area (Å²) in [5, 5.41) is 5.27. The summed E-state index contributed by atoms with van der Waals surface area (Å²) < 4.78 is 31.4. The SMILES string of the molecule is CC(NC(=O)CCCNC(=O)c1ccc(F)cc1F)c1ccco1. The van der Waals surface area contributed by atoms with Crippen molar-refractivity contribution in [3.05, 3.63) is 59.6 Å². The number of halogens is 2. The third-order valence-electron chi connectivity index (χ3n) is 3.39. The molecule has 2 amide bonds. The van der Waals surface area contributed by atoms with E-state index in [9.17, 15) is 18.4 Å². The summed E-state index contributed by atoms with van der Waals surface area (Å²) >= 11 is 0. The quantitative estimate of drug-likeness (QED) is 0.764. The van der Waals surface area contributed by atoms with Crippen LogP contribution in [0.25, 0.3) is 0 Å². The summed E-state index contributed by atoms with van der Waals surface area (Å²) in [6, 6.07) is 6.01. The van der Waals surface area contributed by atoms with Gasteiger partial charge < -0.3 is 15.1 Å². The molecule has 2 N–H and O–H groups in total. The van der Waals surface area contributed by atoms with E-state index in [1.165, 1.54) is 6.26 Å². The van der Waals surface area contributed by atoms with Crippen molar-refractivity contribution >= 4 is 11.8 Å². The predicted octanol–water partition coefficient (Wildman–Crippen LogP) is 2.95. The number of carbonyl (C=O) groups is 2. The molecular formula is C17H18F2N2O3. The van der Waals surface area contributed by atoms with Gasteiger partial charge in [0.2, 0.25) is 5.91 Å². The fourth-order valence-corrected chi connectivity index (χ4v) is 2.14. The lowest BCUT2D eigenvalue weighted by molar-refractivity contribution is -0.121. The van der Waals surface area contributed by atoms with Gasteiger partial charge in [0, 0.05) is 19.0 Å². The summed E-state index contributed by atoms with van der Waals surface area (Å²) in [7, 11) is 0. The number of hydrogen-bond donors (Lipinski definition) is 2. The first-order chi connectivity index (χ1) is 11.5. The second-order valence-corrected chi connectivity index (χ2v) is 5.29. The highest BCUT2D eigenvalue weighted by molar-refractivity contribution is 5.94. The first-order valence-electron chi connectivity index (χ1n) is 7.53. The highest BCUT2D eigenvalue weighted by atomic mass is 19.1. The minimum Gasteiger partial charge on any atom is -0.467 e. The molecule has 0 spiro atoms. The van der Waals surface area contributed by atoms with Gasteiger partial charge in [-0.1, -0.05) is 0 Å². The number of rotatable bonds is 7. The minimum absolute atomic E-state index is 0.180. The van der Waals surface area contributed by atoms with Gasteiger partial charge in [0.05, 0.1) is 17.9 Å². The summed E-state index contributed by atoms with van der Waals surface area (Å²) in [5.41, 5.74) is -0.229. The number of benzene rings is 1. The molecule has 1 aromatic heterocycles. The van der Waals surface area contributed by atoms with Crippen molar-refractivity contribution in [3.8, 4) is 0 Å². The first-order valence-corrected chi connectivity index (χ1v) is 7.53. The molecule has 7 heteroatoms. The van der Waals surface area contributed by atoms with Crippen LogP contribution in [0.15, 0.2) is 41.0 Å². The molecular weight excluding hydrogens is 318 g/mol. The summed E-state index contributed by atoms with van der Waals surface area (Å²) in [4.78, 5) is 23.6. The average molecular weight is 336 g/mol. The normalized spacial score (nSPS) is 11.8. The van der Waals surface area contributed by atoms with Crippen molar-refractivity contribution in [1.29, 1.82) is 0 Å². The Balaban J connectivity index is 1.70. The van der Waals surface area contributed by atoms with E-state index in [2.05, 4.69) is 10.6 Å². The molecule has 0 bridgehead atoms. The fourth-order valence-electron chi connectivity index (χ4n) is 2.14. The van der Waals surface area contributed by atoms with Gasteiger partial charge in [0.15, 0.2) is 0 Å². The molecule has 1 atom stereocenters. The lowest BCUT2D eigenvalue weighted by Gasteiger charge is -2.11. The monoisotopic (exact) mass is 336 g/mol. The maximum Gasteiger partial charge on any atom is 0.254 e. The Morgan fingerprint density at radius 1 is 1.25 bits per heavy atom. The van der Waals surface area contributed by atoms with Gasteiger partial charge in [-0.15, -0.1) is 0 Å². The molecule has 0 aliphatic rings. The van der Waals surface area contributed by atoms with E-state index in [1.807, 2.05) is 0 Å². The molecule has 0 saturated heterocycles. The van der Waals surface area contributed by atoms with Crippen molar-refractivity contribution < 1.29 is 22.8 Å². The number of carbonyl (C=O) groups excluding carboxylic acids is 2. The van der Waals surface area contributed by atoms with Crippen LogP contribution in [0.4, 0.5) is 8.78 Å². The lowest BCUT2D eigenvalue weighted by atomic mass is 10.2. The van der Waals surface area contributed by atoms with Gasteiger partial charge in [-0.25, -0.2) is 8.78 Å². The van der Waals surface area contributed by atoms with Crippen LogP contribution < -0.4 is 10.6 Å². The van der Waals surface area contributed by atoms with E-state index in [1.54, 1.807) is 19.1 Å². The predicted molar refractivity (Wildman–Crippen MR) is 83.2 cm³/mol. The van der Waals surface area contributed by atoms with Gasteiger partial charge in [-0.3, -0.25) is 9.59 Å². The van der Waals surface area contributed by atoms with Crippen LogP contribution in [0, 0.1) is 11.6 Å². The Kier molecular flexibility index (Phi) is 6.06. The third-order valence-corrected chi connectivity index (χ3v) is 3.39. The van der Waals surface area contributed by atoms with Crippen molar-refractivity contribution in [2.45, 2.75) is 25.8 Å². The van der Waals surface area contributed by atoms with Gasteiger partial charge in [-0.2, -0.15) is 0 Å². The number of hydrogen-bond acceptors (Lipinski definition) is 3. The van der Waals surface area contributed by atoms with Gasteiger partial charge in [0.1, 0.15) is 17.4 Å². The number of furan rings is 1. The lowest BCUT2D eigenvalue weighted by Crippen LogP contribution is -2.29. The zero-order valence-electron chi connectivity index (χ0n) is 13.1. The molecule has 2 rings (SSSR count). The summed E-state index contributed by atoms with van der Waals surface area (Å²) in [6.45, 7) is 2.01. The van der Waals surface area contributed by atoms with Crippen molar-refractivity contribution in [1.82, 2.24) is 10.6 Å². The molecule has 5 nitrogen and oxygen atoms in total. The van der Waals surface area contributed by atoms with Crippen molar-refractivity contribution in [3.63, 3.8) is 0 Å². The molecule has 0 fully saturated rings. The van der Waals surface area contributed by atoms with E-state index < -0.39 is 17.5 Å². The molecule has 0 radical (unpaired) electrons. The van der Waals surface area contributed by atoms with Crippen LogP contribution in [0.1, 0.15) is 41.9 Å². The van der Waals surface area contributed by atoms with E-state index >= 15 is 0 Å². The van der Waals surface area contributed by atoms with E-state index in [-0.39, 0.29) is 30.5 Å². The van der Waals surface area contributed by atoms with E-state index in [0.29, 0.717) is 18.2 Å². The van der Waals surface area contributed by atoms with Crippen LogP contribution in [0.3, 0.4) is 0 Å². The minimum atomic E-state index is -0.919. The summed E-state index contributed by atoms with van der Waals surface area (Å²) in [6.07, 6.45) is 2.13. The fraction of sp³-hybridized carbons (Fsp3) is 0.294. The third kappa shape index (κ3) is 4.91. The van der Waals surface area contributed by atoms with Gasteiger partial charge >= 0.3 is 0 Å². The molecule has 0 aliphatic carbocycles. The molecule has 1 heterocycles.